The normalized spacial score (nSPS) is 23.7. The van der Waals surface area contributed by atoms with E-state index in [1.54, 1.807) is 54.6 Å². The van der Waals surface area contributed by atoms with Crippen molar-refractivity contribution in [1.29, 1.82) is 0 Å². The number of hydrogen-bond donors (Lipinski definition) is 0. The molecule has 10 rings (SSSR count). The molecule has 1 aromatic heterocycles. The number of amides is 4. The highest BCUT2D eigenvalue weighted by Crippen LogP contribution is 2.53. The highest BCUT2D eigenvalue weighted by molar-refractivity contribution is 6.30. The lowest BCUT2D eigenvalue weighted by molar-refractivity contribution is -0.123. The summed E-state index contributed by atoms with van der Waals surface area (Å²) in [5.41, 5.74) is 2.00. The minimum Gasteiger partial charge on any atom is -0.462 e. The van der Waals surface area contributed by atoms with Crippen LogP contribution in [0.4, 0.5) is 5.69 Å². The van der Waals surface area contributed by atoms with Crippen molar-refractivity contribution < 1.29 is 38.3 Å². The fourth-order valence-electron chi connectivity index (χ4n) is 9.17. The van der Waals surface area contributed by atoms with Crippen LogP contribution < -0.4 is 4.90 Å². The monoisotopic (exact) mass is 715 g/mol. The summed E-state index contributed by atoms with van der Waals surface area (Å²) >= 11 is 0. The lowest BCUT2D eigenvalue weighted by atomic mass is 9.85. The average Bonchev–Trinajstić information content (AvgIpc) is 3.94. The highest BCUT2D eigenvalue weighted by atomic mass is 16.5. The minimum atomic E-state index is -1.27. The highest BCUT2D eigenvalue weighted by Gasteiger charge is 2.60. The molecule has 2 fully saturated rings. The van der Waals surface area contributed by atoms with Gasteiger partial charge in [0.05, 0.1) is 40.9 Å². The molecule has 11 heteroatoms. The van der Waals surface area contributed by atoms with Crippen molar-refractivity contribution in [2.75, 3.05) is 18.1 Å². The summed E-state index contributed by atoms with van der Waals surface area (Å²) in [6, 6.07) is 23.3. The number of ketones is 2. The number of carbonyl (C=O) groups is 7. The standard InChI is InChI=1S/C43H29N3O8/c47-37-26-15-13-25(43(53)54-18-4-17-45-39(49)27-8-1-5-21-6-2-9-28(32(21)27)40(45)50)20-29(26)38(48)35(37)30-16-14-22-7-3-10-31(36(22)44-30)46-41(51)33-23-11-12-24(19-23)34(33)42(46)52/h1-3,5-16,20,23-24,33-35H,4,17-19H2. The molecule has 5 aliphatic rings. The molecule has 2 aliphatic heterocycles. The Morgan fingerprint density at radius 1 is 0.704 bits per heavy atom. The maximum atomic E-state index is 13.8. The molecule has 5 atom stereocenters. The van der Waals surface area contributed by atoms with Crippen molar-refractivity contribution in [3.63, 3.8) is 0 Å². The van der Waals surface area contributed by atoms with Crippen molar-refractivity contribution >= 4 is 68.5 Å². The molecule has 3 heterocycles. The Kier molecular flexibility index (Phi) is 6.94. The van der Waals surface area contributed by atoms with Gasteiger partial charge in [-0.1, -0.05) is 54.6 Å². The number of allylic oxidation sites excluding steroid dienone is 2. The lowest BCUT2D eigenvalue weighted by Crippen LogP contribution is -2.41. The maximum absolute atomic E-state index is 13.8. The first-order chi connectivity index (χ1) is 26.2. The molecule has 1 saturated carbocycles. The number of hydrogen-bond acceptors (Lipinski definition) is 9. The Bertz CT molecular complexity index is 2560. The fraction of sp³-hybridized carbons (Fsp3) is 0.209. The summed E-state index contributed by atoms with van der Waals surface area (Å²) in [6.45, 7) is -0.0620. The van der Waals surface area contributed by atoms with Crippen LogP contribution in [0.3, 0.4) is 0 Å². The summed E-state index contributed by atoms with van der Waals surface area (Å²) in [7, 11) is 0. The SMILES string of the molecule is O=C(OCCCN1C(=O)c2cccc3cccc(c23)C1=O)c1ccc2c(c1)C(=O)C(c1ccc3cccc(N4C(=O)C5C6C=CC(C6)C5C4=O)c3n1)C2=O. The van der Waals surface area contributed by atoms with Crippen molar-refractivity contribution in [2.45, 2.75) is 18.8 Å². The molecule has 3 aliphatic carbocycles. The van der Waals surface area contributed by atoms with E-state index in [-0.39, 0.29) is 65.6 Å². The number of ether oxygens (including phenoxy) is 1. The number of esters is 1. The first-order valence-electron chi connectivity index (χ1n) is 17.9. The third-order valence-corrected chi connectivity index (χ3v) is 11.7. The number of para-hydroxylation sites is 1. The number of carbonyl (C=O) groups excluding carboxylic acids is 7. The second kappa shape index (κ2) is 11.7. The number of imide groups is 2. The van der Waals surface area contributed by atoms with Gasteiger partial charge in [-0.15, -0.1) is 0 Å². The summed E-state index contributed by atoms with van der Waals surface area (Å²) in [5.74, 6) is -5.03. The van der Waals surface area contributed by atoms with E-state index in [9.17, 15) is 33.6 Å². The first-order valence-corrected chi connectivity index (χ1v) is 17.9. The summed E-state index contributed by atoms with van der Waals surface area (Å²) < 4.78 is 5.46. The lowest BCUT2D eigenvalue weighted by Gasteiger charge is -2.27. The molecule has 11 nitrogen and oxygen atoms in total. The number of aromatic nitrogens is 1. The van der Waals surface area contributed by atoms with E-state index in [0.717, 1.165) is 16.7 Å². The Morgan fingerprint density at radius 3 is 2.06 bits per heavy atom. The number of anilines is 1. The van der Waals surface area contributed by atoms with Crippen LogP contribution in [0, 0.1) is 23.7 Å². The van der Waals surface area contributed by atoms with Crippen LogP contribution in [0.15, 0.2) is 97.1 Å². The largest absolute Gasteiger partial charge is 0.462 e. The molecule has 2 bridgehead atoms. The van der Waals surface area contributed by atoms with E-state index in [0.29, 0.717) is 33.1 Å². The zero-order valence-corrected chi connectivity index (χ0v) is 28.6. The molecule has 264 valence electrons. The second-order valence-corrected chi connectivity index (χ2v) is 14.5. The molecule has 4 aromatic carbocycles. The summed E-state index contributed by atoms with van der Waals surface area (Å²) in [6.07, 6.45) is 5.06. The van der Waals surface area contributed by atoms with Crippen molar-refractivity contribution in [3.8, 4) is 0 Å². The van der Waals surface area contributed by atoms with Crippen LogP contribution >= 0.6 is 0 Å². The Hall–Kier alpha value is -6.62. The van der Waals surface area contributed by atoms with Crippen LogP contribution in [0.1, 0.15) is 76.2 Å². The van der Waals surface area contributed by atoms with Crippen LogP contribution in [0.5, 0.6) is 0 Å². The van der Waals surface area contributed by atoms with Gasteiger partial charge in [0.2, 0.25) is 11.8 Å². The third-order valence-electron chi connectivity index (χ3n) is 11.7. The number of benzene rings is 4. The Balaban J connectivity index is 0.846. The molecular formula is C43H29N3O8. The zero-order valence-electron chi connectivity index (χ0n) is 28.6. The zero-order chi connectivity index (χ0) is 37.0. The predicted molar refractivity (Wildman–Crippen MR) is 194 cm³/mol. The molecule has 0 spiro atoms. The maximum Gasteiger partial charge on any atom is 0.338 e. The van der Waals surface area contributed by atoms with Gasteiger partial charge in [-0.3, -0.25) is 33.7 Å². The van der Waals surface area contributed by atoms with Crippen LogP contribution in [-0.2, 0) is 14.3 Å². The molecule has 5 aromatic rings. The van der Waals surface area contributed by atoms with Crippen LogP contribution in [0.25, 0.3) is 21.7 Å². The molecular weight excluding hydrogens is 686 g/mol. The number of nitrogens with zero attached hydrogens (tertiary/aromatic N) is 3. The van der Waals surface area contributed by atoms with E-state index >= 15 is 0 Å². The first kappa shape index (κ1) is 32.1. The molecule has 0 radical (unpaired) electrons. The number of pyridine rings is 1. The van der Waals surface area contributed by atoms with Gasteiger partial charge in [-0.25, -0.2) is 14.7 Å². The van der Waals surface area contributed by atoms with E-state index in [2.05, 4.69) is 0 Å². The van der Waals surface area contributed by atoms with E-state index in [4.69, 9.17) is 9.72 Å². The van der Waals surface area contributed by atoms with Gasteiger partial charge in [0.25, 0.3) is 11.8 Å². The number of rotatable bonds is 7. The third kappa shape index (κ3) is 4.47. The molecule has 5 unspecified atom stereocenters. The number of fused-ring (bicyclic) bond motifs is 7. The van der Waals surface area contributed by atoms with Crippen molar-refractivity contribution in [3.05, 3.63) is 131 Å². The van der Waals surface area contributed by atoms with Gasteiger partial charge in [0.1, 0.15) is 5.92 Å². The van der Waals surface area contributed by atoms with E-state index in [1.807, 2.05) is 24.3 Å². The van der Waals surface area contributed by atoms with E-state index in [1.165, 1.54) is 23.1 Å². The number of Topliss-reactive ketones (excluding diaryl/α,β-unsaturated/α-hetero) is 2. The Labute approximate surface area is 307 Å². The molecule has 1 saturated heterocycles. The Morgan fingerprint density at radius 2 is 1.35 bits per heavy atom. The smallest absolute Gasteiger partial charge is 0.338 e. The summed E-state index contributed by atoms with van der Waals surface area (Å²) in [5, 5.41) is 2.08. The average molecular weight is 716 g/mol. The van der Waals surface area contributed by atoms with Crippen LogP contribution in [0.2, 0.25) is 0 Å². The van der Waals surface area contributed by atoms with Gasteiger partial charge in [0.15, 0.2) is 11.6 Å². The van der Waals surface area contributed by atoms with Gasteiger partial charge >= 0.3 is 5.97 Å². The topological polar surface area (TPSA) is 148 Å². The van der Waals surface area contributed by atoms with Gasteiger partial charge in [-0.2, -0.15) is 0 Å². The van der Waals surface area contributed by atoms with Crippen molar-refractivity contribution in [2.24, 2.45) is 23.7 Å². The fourth-order valence-corrected chi connectivity index (χ4v) is 9.17. The van der Waals surface area contributed by atoms with Gasteiger partial charge < -0.3 is 4.74 Å². The molecule has 0 N–H and O–H groups in total. The van der Waals surface area contributed by atoms with Gasteiger partial charge in [0, 0.05) is 39.6 Å². The molecule has 54 heavy (non-hydrogen) atoms. The quantitative estimate of drug-likeness (QED) is 0.0680. The predicted octanol–water partition coefficient (Wildman–Crippen LogP) is 5.71. The van der Waals surface area contributed by atoms with Gasteiger partial charge in [-0.05, 0) is 72.5 Å². The van der Waals surface area contributed by atoms with E-state index < -0.39 is 47.1 Å². The van der Waals surface area contributed by atoms with Crippen molar-refractivity contribution in [1.82, 2.24) is 9.88 Å². The summed E-state index contributed by atoms with van der Waals surface area (Å²) in [4.78, 5) is 101. The second-order valence-electron chi connectivity index (χ2n) is 14.5. The minimum absolute atomic E-state index is 0.0362. The van der Waals surface area contributed by atoms with Crippen LogP contribution in [-0.4, -0.2) is 64.2 Å². The molecule has 4 amide bonds.